The number of aromatic nitrogens is 1. The Hall–Kier alpha value is -1.40. The molecule has 2 fully saturated rings. The van der Waals surface area contributed by atoms with E-state index in [2.05, 4.69) is 41.5 Å². The van der Waals surface area contributed by atoms with Crippen LogP contribution in [0.15, 0.2) is 10.6 Å². The van der Waals surface area contributed by atoms with Gasteiger partial charge < -0.3 is 9.84 Å². The van der Waals surface area contributed by atoms with E-state index in [0.717, 1.165) is 25.3 Å². The summed E-state index contributed by atoms with van der Waals surface area (Å²) >= 11 is 0. The Kier molecular flexibility index (Phi) is 4.97. The largest absolute Gasteiger partial charge is 0.338 e. The van der Waals surface area contributed by atoms with Gasteiger partial charge in [0.15, 0.2) is 0 Å². The number of piperazine rings is 1. The van der Waals surface area contributed by atoms with Crippen LogP contribution < -0.4 is 10.6 Å². The molecule has 1 saturated carbocycles. The molecule has 0 radical (unpaired) electrons. The van der Waals surface area contributed by atoms with E-state index in [4.69, 9.17) is 4.52 Å². The Balaban J connectivity index is 1.62. The third kappa shape index (κ3) is 3.81. The van der Waals surface area contributed by atoms with Gasteiger partial charge in [0.1, 0.15) is 0 Å². The highest BCUT2D eigenvalue weighted by atomic mass is 16.5. The highest BCUT2D eigenvalue weighted by Gasteiger charge is 2.40. The molecular weight excluding hydrogens is 304 g/mol. The van der Waals surface area contributed by atoms with Crippen molar-refractivity contribution in [2.75, 3.05) is 31.5 Å². The summed E-state index contributed by atoms with van der Waals surface area (Å²) in [6.45, 7) is 9.52. The molecular formula is C18H30N4O2. The normalized spacial score (nSPS) is 21.8. The highest BCUT2D eigenvalue weighted by Crippen LogP contribution is 2.34. The first-order valence-corrected chi connectivity index (χ1v) is 9.12. The molecule has 134 valence electrons. The number of nitrogens with zero attached hydrogens (tertiary/aromatic N) is 2. The fourth-order valence-electron chi connectivity index (χ4n) is 3.87. The minimum atomic E-state index is -0.0861. The van der Waals surface area contributed by atoms with Crippen molar-refractivity contribution in [2.24, 2.45) is 0 Å². The molecule has 1 aliphatic carbocycles. The van der Waals surface area contributed by atoms with Gasteiger partial charge in [0.05, 0.1) is 12.2 Å². The zero-order chi connectivity index (χ0) is 17.2. The van der Waals surface area contributed by atoms with E-state index >= 15 is 0 Å². The van der Waals surface area contributed by atoms with E-state index < -0.39 is 0 Å². The Labute approximate surface area is 144 Å². The molecule has 1 aromatic heterocycles. The molecule has 1 aliphatic heterocycles. The highest BCUT2D eigenvalue weighted by molar-refractivity contribution is 5.91. The first-order valence-electron chi connectivity index (χ1n) is 9.12. The lowest BCUT2D eigenvalue weighted by molar-refractivity contribution is -0.120. The molecule has 1 saturated heterocycles. The molecule has 2 aliphatic rings. The summed E-state index contributed by atoms with van der Waals surface area (Å²) < 4.78 is 5.28. The van der Waals surface area contributed by atoms with Crippen molar-refractivity contribution in [1.29, 1.82) is 0 Å². The molecule has 6 nitrogen and oxygen atoms in total. The molecule has 2 N–H and O–H groups in total. The van der Waals surface area contributed by atoms with E-state index in [0.29, 0.717) is 12.4 Å². The minimum absolute atomic E-state index is 0.0153. The number of nitrogens with one attached hydrogen (secondary N) is 2. The second kappa shape index (κ2) is 6.84. The summed E-state index contributed by atoms with van der Waals surface area (Å²) in [5.74, 6) is 0.427. The van der Waals surface area contributed by atoms with Crippen molar-refractivity contribution in [3.8, 4) is 0 Å². The summed E-state index contributed by atoms with van der Waals surface area (Å²) in [5.41, 5.74) is 0.923. The van der Waals surface area contributed by atoms with Crippen LogP contribution in [0, 0.1) is 0 Å². The molecule has 0 unspecified atom stereocenters. The molecule has 1 spiro atoms. The number of carbonyl (C=O) groups is 1. The van der Waals surface area contributed by atoms with Gasteiger partial charge in [-0.25, -0.2) is 0 Å². The van der Waals surface area contributed by atoms with Crippen LogP contribution in [0.2, 0.25) is 0 Å². The lowest BCUT2D eigenvalue weighted by Gasteiger charge is -2.49. The standard InChI is InChI=1S/C18H30N4O2/c1-17(2,3)14-11-16(24-21-14)20-15(23)12-22-10-9-19-13-18(22)7-5-4-6-8-18/h11,19H,4-10,12-13H2,1-3H3,(H,20,23). The predicted octanol–water partition coefficient (Wildman–Crippen LogP) is 2.52. The fraction of sp³-hybridized carbons (Fsp3) is 0.778. The van der Waals surface area contributed by atoms with E-state index in [-0.39, 0.29) is 16.9 Å². The summed E-state index contributed by atoms with van der Waals surface area (Å²) in [5, 5.41) is 10.4. The van der Waals surface area contributed by atoms with Gasteiger partial charge in [-0.2, -0.15) is 0 Å². The van der Waals surface area contributed by atoms with Crippen LogP contribution in [0.3, 0.4) is 0 Å². The SMILES string of the molecule is CC(C)(C)c1cc(NC(=O)CN2CCNCC23CCCCC3)on1. The maximum atomic E-state index is 12.5. The summed E-state index contributed by atoms with van der Waals surface area (Å²) in [7, 11) is 0. The molecule has 0 aromatic carbocycles. The molecule has 1 aromatic rings. The molecule has 3 rings (SSSR count). The van der Waals surface area contributed by atoms with Gasteiger partial charge in [0.25, 0.3) is 0 Å². The number of rotatable bonds is 3. The predicted molar refractivity (Wildman–Crippen MR) is 94.1 cm³/mol. The second-order valence-electron chi connectivity index (χ2n) is 8.26. The average molecular weight is 334 g/mol. The molecule has 24 heavy (non-hydrogen) atoms. The summed E-state index contributed by atoms with van der Waals surface area (Å²) in [6.07, 6.45) is 6.21. The zero-order valence-corrected chi connectivity index (χ0v) is 15.2. The fourth-order valence-corrected chi connectivity index (χ4v) is 3.87. The lowest BCUT2D eigenvalue weighted by Crippen LogP contribution is -2.63. The van der Waals surface area contributed by atoms with Crippen molar-refractivity contribution in [1.82, 2.24) is 15.4 Å². The number of amides is 1. The Morgan fingerprint density at radius 1 is 1.38 bits per heavy atom. The molecule has 0 atom stereocenters. The number of hydrogen-bond acceptors (Lipinski definition) is 5. The second-order valence-corrected chi connectivity index (χ2v) is 8.26. The number of anilines is 1. The van der Waals surface area contributed by atoms with Crippen molar-refractivity contribution in [3.05, 3.63) is 11.8 Å². The molecule has 1 amide bonds. The van der Waals surface area contributed by atoms with Crippen LogP contribution in [-0.2, 0) is 10.2 Å². The van der Waals surface area contributed by atoms with Crippen molar-refractivity contribution in [3.63, 3.8) is 0 Å². The maximum absolute atomic E-state index is 12.5. The zero-order valence-electron chi connectivity index (χ0n) is 15.2. The van der Waals surface area contributed by atoms with Gasteiger partial charge in [0, 0.05) is 36.7 Å². The van der Waals surface area contributed by atoms with Crippen molar-refractivity contribution in [2.45, 2.75) is 63.8 Å². The minimum Gasteiger partial charge on any atom is -0.338 e. The average Bonchev–Trinajstić information content (AvgIpc) is 2.99. The summed E-state index contributed by atoms with van der Waals surface area (Å²) in [4.78, 5) is 14.9. The van der Waals surface area contributed by atoms with E-state index in [1.165, 1.54) is 32.1 Å². The molecule has 2 heterocycles. The Morgan fingerprint density at radius 2 is 2.12 bits per heavy atom. The van der Waals surface area contributed by atoms with E-state index in [1.807, 2.05) is 6.07 Å². The Morgan fingerprint density at radius 3 is 2.79 bits per heavy atom. The van der Waals surface area contributed by atoms with Gasteiger partial charge in [-0.1, -0.05) is 45.2 Å². The van der Waals surface area contributed by atoms with Crippen LogP contribution in [0.25, 0.3) is 0 Å². The van der Waals surface area contributed by atoms with Gasteiger partial charge >= 0.3 is 0 Å². The van der Waals surface area contributed by atoms with Crippen LogP contribution in [0.5, 0.6) is 0 Å². The monoisotopic (exact) mass is 334 g/mol. The maximum Gasteiger partial charge on any atom is 0.240 e. The van der Waals surface area contributed by atoms with Gasteiger partial charge in [-0.15, -0.1) is 0 Å². The van der Waals surface area contributed by atoms with Crippen molar-refractivity contribution >= 4 is 11.8 Å². The van der Waals surface area contributed by atoms with Crippen LogP contribution >= 0.6 is 0 Å². The van der Waals surface area contributed by atoms with E-state index in [1.54, 1.807) is 0 Å². The first kappa shape index (κ1) is 17.4. The smallest absolute Gasteiger partial charge is 0.240 e. The van der Waals surface area contributed by atoms with Crippen LogP contribution in [-0.4, -0.2) is 47.7 Å². The van der Waals surface area contributed by atoms with E-state index in [9.17, 15) is 4.79 Å². The van der Waals surface area contributed by atoms with Crippen LogP contribution in [0.4, 0.5) is 5.88 Å². The number of carbonyl (C=O) groups excluding carboxylic acids is 1. The third-order valence-electron chi connectivity index (χ3n) is 5.34. The van der Waals surface area contributed by atoms with Crippen LogP contribution in [0.1, 0.15) is 58.6 Å². The first-order chi connectivity index (χ1) is 11.4. The lowest BCUT2D eigenvalue weighted by atomic mass is 9.79. The topological polar surface area (TPSA) is 70.4 Å². The van der Waals surface area contributed by atoms with Gasteiger partial charge in [0.2, 0.25) is 11.8 Å². The summed E-state index contributed by atoms with van der Waals surface area (Å²) in [6, 6.07) is 1.83. The molecule has 6 heteroatoms. The third-order valence-corrected chi connectivity index (χ3v) is 5.34. The number of hydrogen-bond donors (Lipinski definition) is 2. The van der Waals surface area contributed by atoms with Gasteiger partial charge in [-0.3, -0.25) is 15.0 Å². The van der Waals surface area contributed by atoms with Crippen molar-refractivity contribution < 1.29 is 9.32 Å². The Bertz CT molecular complexity index is 562. The molecule has 0 bridgehead atoms. The van der Waals surface area contributed by atoms with Gasteiger partial charge in [-0.05, 0) is 12.8 Å². The quantitative estimate of drug-likeness (QED) is 0.889.